The standard InChI is InChI=1S/C13H11BrF2N2O2S/c1-7-4-8(2-3-10(7)15)18-21(19,20)13-6-12(17)9(14)5-11(13)16/h2-6,18H,17H2,1H3. The molecule has 0 spiro atoms. The molecule has 0 radical (unpaired) electrons. The molecule has 112 valence electrons. The molecule has 4 nitrogen and oxygen atoms in total. The minimum Gasteiger partial charge on any atom is -0.398 e. The van der Waals surface area contributed by atoms with Gasteiger partial charge in [0, 0.05) is 15.8 Å². The maximum absolute atomic E-state index is 13.8. The fourth-order valence-electron chi connectivity index (χ4n) is 1.67. The summed E-state index contributed by atoms with van der Waals surface area (Å²) in [6.45, 7) is 1.49. The van der Waals surface area contributed by atoms with Crippen molar-refractivity contribution in [2.24, 2.45) is 0 Å². The van der Waals surface area contributed by atoms with Gasteiger partial charge in [0.1, 0.15) is 16.5 Å². The average molecular weight is 377 g/mol. The molecule has 0 heterocycles. The first-order chi connectivity index (χ1) is 9.70. The lowest BCUT2D eigenvalue weighted by molar-refractivity contribution is 0.570. The highest BCUT2D eigenvalue weighted by atomic mass is 79.9. The van der Waals surface area contributed by atoms with Crippen LogP contribution in [0.4, 0.5) is 20.2 Å². The normalized spacial score (nSPS) is 11.4. The van der Waals surface area contributed by atoms with Crippen LogP contribution in [0.1, 0.15) is 5.56 Å². The molecule has 0 atom stereocenters. The molecule has 0 saturated carbocycles. The third-order valence-electron chi connectivity index (χ3n) is 2.75. The van der Waals surface area contributed by atoms with E-state index in [1.54, 1.807) is 0 Å². The van der Waals surface area contributed by atoms with E-state index in [1.807, 2.05) is 0 Å². The van der Waals surface area contributed by atoms with Crippen molar-refractivity contribution in [1.29, 1.82) is 0 Å². The van der Waals surface area contributed by atoms with Crippen LogP contribution < -0.4 is 10.5 Å². The largest absolute Gasteiger partial charge is 0.398 e. The first-order valence-electron chi connectivity index (χ1n) is 5.74. The monoisotopic (exact) mass is 376 g/mol. The second-order valence-corrected chi connectivity index (χ2v) is 6.88. The maximum atomic E-state index is 13.8. The average Bonchev–Trinajstić information content (AvgIpc) is 2.37. The molecule has 2 aromatic carbocycles. The van der Waals surface area contributed by atoms with Gasteiger partial charge in [-0.05, 0) is 58.7 Å². The molecule has 2 aromatic rings. The summed E-state index contributed by atoms with van der Waals surface area (Å²) < 4.78 is 53.7. The van der Waals surface area contributed by atoms with Gasteiger partial charge in [0.2, 0.25) is 0 Å². The predicted octanol–water partition coefficient (Wildman–Crippen LogP) is 3.42. The van der Waals surface area contributed by atoms with Gasteiger partial charge in [0.15, 0.2) is 0 Å². The summed E-state index contributed by atoms with van der Waals surface area (Å²) in [5, 5.41) is 0. The molecule has 21 heavy (non-hydrogen) atoms. The van der Waals surface area contributed by atoms with Crippen LogP contribution in [0.2, 0.25) is 0 Å². The van der Waals surface area contributed by atoms with Gasteiger partial charge >= 0.3 is 0 Å². The molecular formula is C13H11BrF2N2O2S. The Hall–Kier alpha value is -1.67. The smallest absolute Gasteiger partial charge is 0.264 e. The van der Waals surface area contributed by atoms with Gasteiger partial charge < -0.3 is 5.73 Å². The van der Waals surface area contributed by atoms with Gasteiger partial charge in [-0.15, -0.1) is 0 Å². The minimum absolute atomic E-state index is 0.0899. The second-order valence-electron chi connectivity index (χ2n) is 4.37. The zero-order valence-electron chi connectivity index (χ0n) is 10.8. The Balaban J connectivity index is 2.43. The third kappa shape index (κ3) is 3.33. The van der Waals surface area contributed by atoms with E-state index in [9.17, 15) is 17.2 Å². The Morgan fingerprint density at radius 1 is 1.14 bits per heavy atom. The zero-order chi connectivity index (χ0) is 15.8. The van der Waals surface area contributed by atoms with Gasteiger partial charge in [0.05, 0.1) is 0 Å². The molecule has 0 amide bonds. The van der Waals surface area contributed by atoms with Crippen molar-refractivity contribution in [2.75, 3.05) is 10.5 Å². The molecule has 0 aliphatic rings. The minimum atomic E-state index is -4.16. The summed E-state index contributed by atoms with van der Waals surface area (Å²) in [5.41, 5.74) is 6.06. The number of rotatable bonds is 3. The van der Waals surface area contributed by atoms with Gasteiger partial charge in [-0.3, -0.25) is 4.72 Å². The van der Waals surface area contributed by atoms with Crippen molar-refractivity contribution in [2.45, 2.75) is 11.8 Å². The number of nitrogens with one attached hydrogen (secondary N) is 1. The molecule has 0 aromatic heterocycles. The summed E-state index contributed by atoms with van der Waals surface area (Å²) in [5.74, 6) is -1.40. The van der Waals surface area contributed by atoms with Crippen LogP contribution in [0, 0.1) is 18.6 Å². The fraction of sp³-hybridized carbons (Fsp3) is 0.0769. The highest BCUT2D eigenvalue weighted by Gasteiger charge is 2.21. The van der Waals surface area contributed by atoms with Crippen molar-refractivity contribution < 1.29 is 17.2 Å². The van der Waals surface area contributed by atoms with E-state index in [2.05, 4.69) is 20.7 Å². The lowest BCUT2D eigenvalue weighted by Crippen LogP contribution is -2.15. The molecule has 0 aliphatic heterocycles. The van der Waals surface area contributed by atoms with Gasteiger partial charge in [-0.25, -0.2) is 17.2 Å². The lowest BCUT2D eigenvalue weighted by atomic mass is 10.2. The first-order valence-corrected chi connectivity index (χ1v) is 8.02. The zero-order valence-corrected chi connectivity index (χ0v) is 13.2. The van der Waals surface area contributed by atoms with Crippen molar-refractivity contribution in [3.8, 4) is 0 Å². The van der Waals surface area contributed by atoms with Gasteiger partial charge in [-0.2, -0.15) is 0 Å². The molecular weight excluding hydrogens is 366 g/mol. The van der Waals surface area contributed by atoms with Gasteiger partial charge in [0.25, 0.3) is 10.0 Å². The fourth-order valence-corrected chi connectivity index (χ4v) is 3.13. The number of anilines is 2. The van der Waals surface area contributed by atoms with Gasteiger partial charge in [-0.1, -0.05) is 0 Å². The summed E-state index contributed by atoms with van der Waals surface area (Å²) in [6, 6.07) is 5.67. The lowest BCUT2D eigenvalue weighted by Gasteiger charge is -2.11. The summed E-state index contributed by atoms with van der Waals surface area (Å²) in [6.07, 6.45) is 0. The Morgan fingerprint density at radius 3 is 2.43 bits per heavy atom. The van der Waals surface area contributed by atoms with Crippen molar-refractivity contribution in [1.82, 2.24) is 0 Å². The number of hydrogen-bond acceptors (Lipinski definition) is 3. The molecule has 2 rings (SSSR count). The van der Waals surface area contributed by atoms with Crippen molar-refractivity contribution >= 4 is 37.3 Å². The van der Waals surface area contributed by atoms with Crippen LogP contribution in [0.15, 0.2) is 39.7 Å². The first kappa shape index (κ1) is 15.7. The summed E-state index contributed by atoms with van der Waals surface area (Å²) in [4.78, 5) is -0.579. The number of hydrogen-bond donors (Lipinski definition) is 2. The number of nitrogens with two attached hydrogens (primary N) is 1. The second kappa shape index (κ2) is 5.61. The Kier molecular flexibility index (Phi) is 4.20. The van der Waals surface area contributed by atoms with Crippen molar-refractivity contribution in [3.63, 3.8) is 0 Å². The molecule has 0 bridgehead atoms. The SMILES string of the molecule is Cc1cc(NS(=O)(=O)c2cc(N)c(Br)cc2F)ccc1F. The van der Waals surface area contributed by atoms with E-state index in [-0.39, 0.29) is 21.4 Å². The van der Waals surface area contributed by atoms with E-state index in [4.69, 9.17) is 5.73 Å². The molecule has 8 heteroatoms. The van der Waals surface area contributed by atoms with Crippen LogP contribution in [0.3, 0.4) is 0 Å². The van der Waals surface area contributed by atoms with Crippen LogP contribution in [0.5, 0.6) is 0 Å². The Labute approximate surface area is 129 Å². The quantitative estimate of drug-likeness (QED) is 0.806. The highest BCUT2D eigenvalue weighted by molar-refractivity contribution is 9.10. The topological polar surface area (TPSA) is 72.2 Å². The number of benzene rings is 2. The molecule has 3 N–H and O–H groups in total. The van der Waals surface area contributed by atoms with E-state index < -0.39 is 26.6 Å². The molecule has 0 aliphatic carbocycles. The van der Waals surface area contributed by atoms with Crippen molar-refractivity contribution in [3.05, 3.63) is 52.0 Å². The molecule has 0 fully saturated rings. The Morgan fingerprint density at radius 2 is 1.81 bits per heavy atom. The van der Waals surface area contributed by atoms with E-state index in [0.717, 1.165) is 18.2 Å². The predicted molar refractivity (Wildman–Crippen MR) is 80.5 cm³/mol. The van der Waals surface area contributed by atoms with E-state index in [0.29, 0.717) is 0 Å². The maximum Gasteiger partial charge on any atom is 0.264 e. The number of halogens is 3. The molecule has 0 unspecified atom stereocenters. The Bertz CT molecular complexity index is 810. The number of nitrogen functional groups attached to an aromatic ring is 1. The van der Waals surface area contributed by atoms with E-state index >= 15 is 0 Å². The third-order valence-corrected chi connectivity index (χ3v) is 4.83. The van der Waals surface area contributed by atoms with Crippen LogP contribution in [-0.2, 0) is 10.0 Å². The summed E-state index contributed by atoms with van der Waals surface area (Å²) >= 11 is 3.01. The summed E-state index contributed by atoms with van der Waals surface area (Å²) in [7, 11) is -4.16. The van der Waals surface area contributed by atoms with Crippen LogP contribution in [-0.4, -0.2) is 8.42 Å². The van der Waals surface area contributed by atoms with Crippen LogP contribution >= 0.6 is 15.9 Å². The van der Waals surface area contributed by atoms with Crippen LogP contribution in [0.25, 0.3) is 0 Å². The number of sulfonamides is 1. The molecule has 0 saturated heterocycles. The van der Waals surface area contributed by atoms with E-state index in [1.165, 1.54) is 19.1 Å². The highest BCUT2D eigenvalue weighted by Crippen LogP contribution is 2.27. The number of aryl methyl sites for hydroxylation is 1.